The Labute approximate surface area is 120 Å². The summed E-state index contributed by atoms with van der Waals surface area (Å²) < 4.78 is 19.6. The molecule has 1 rings (SSSR count). The van der Waals surface area contributed by atoms with Gasteiger partial charge in [-0.05, 0) is 0 Å². The Morgan fingerprint density at radius 3 is 1.95 bits per heavy atom. The van der Waals surface area contributed by atoms with Crippen molar-refractivity contribution >= 4 is 17.9 Å². The molecule has 0 aliphatic carbocycles. The fourth-order valence-electron chi connectivity index (χ4n) is 1.90. The van der Waals surface area contributed by atoms with Crippen molar-refractivity contribution in [3.8, 4) is 0 Å². The topological polar surface area (TPSA) is 129 Å². The molecule has 0 saturated carbocycles. The highest BCUT2D eigenvalue weighted by Gasteiger charge is 2.49. The van der Waals surface area contributed by atoms with E-state index >= 15 is 0 Å². The summed E-state index contributed by atoms with van der Waals surface area (Å²) in [6, 6.07) is 0. The summed E-state index contributed by atoms with van der Waals surface area (Å²) in [7, 11) is 0. The molecule has 0 amide bonds. The SMILES string of the molecule is CC(=O)OCC1O[C@H](O)C(O)C(OC(C)=O)[C@@H]1OC(C)=O. The van der Waals surface area contributed by atoms with E-state index in [1.54, 1.807) is 0 Å². The van der Waals surface area contributed by atoms with Gasteiger partial charge in [0.25, 0.3) is 0 Å². The standard InChI is InChI=1S/C12H18O9/c1-5(13)18-4-8-10(19-6(2)14)11(20-7(3)15)9(16)12(17)21-8/h8-12,16-17H,4H2,1-3H3/t8?,9?,10-,11?,12+/m1/s1. The number of rotatable bonds is 4. The lowest BCUT2D eigenvalue weighted by molar-refractivity contribution is -0.293. The Morgan fingerprint density at radius 1 is 0.952 bits per heavy atom. The predicted molar refractivity (Wildman–Crippen MR) is 64.6 cm³/mol. The van der Waals surface area contributed by atoms with Gasteiger partial charge < -0.3 is 29.2 Å². The number of carbonyl (C=O) groups excluding carboxylic acids is 3. The average Bonchev–Trinajstić information content (AvgIpc) is 2.35. The largest absolute Gasteiger partial charge is 0.463 e. The molecular weight excluding hydrogens is 288 g/mol. The van der Waals surface area contributed by atoms with Crippen LogP contribution in [0.1, 0.15) is 20.8 Å². The van der Waals surface area contributed by atoms with Gasteiger partial charge in [0.15, 0.2) is 18.5 Å². The molecule has 0 aromatic rings. The van der Waals surface area contributed by atoms with Gasteiger partial charge >= 0.3 is 17.9 Å². The maximum absolute atomic E-state index is 11.1. The first kappa shape index (κ1) is 17.3. The van der Waals surface area contributed by atoms with Crippen molar-refractivity contribution in [1.29, 1.82) is 0 Å². The fraction of sp³-hybridized carbons (Fsp3) is 0.750. The fourth-order valence-corrected chi connectivity index (χ4v) is 1.90. The maximum atomic E-state index is 11.1. The van der Waals surface area contributed by atoms with Crippen LogP contribution >= 0.6 is 0 Å². The maximum Gasteiger partial charge on any atom is 0.303 e. The lowest BCUT2D eigenvalue weighted by Gasteiger charge is -2.41. The van der Waals surface area contributed by atoms with E-state index in [0.29, 0.717) is 0 Å². The Kier molecular flexibility index (Phi) is 6.06. The van der Waals surface area contributed by atoms with Gasteiger partial charge in [0, 0.05) is 20.8 Å². The van der Waals surface area contributed by atoms with Crippen LogP contribution in [0.5, 0.6) is 0 Å². The van der Waals surface area contributed by atoms with Gasteiger partial charge in [0.05, 0.1) is 0 Å². The van der Waals surface area contributed by atoms with Crippen LogP contribution in [0, 0.1) is 0 Å². The molecule has 9 nitrogen and oxygen atoms in total. The predicted octanol–water partition coefficient (Wildman–Crippen LogP) is -1.51. The van der Waals surface area contributed by atoms with Crippen LogP contribution < -0.4 is 0 Å². The Balaban J connectivity index is 2.94. The van der Waals surface area contributed by atoms with Gasteiger partial charge in [-0.2, -0.15) is 0 Å². The number of hydrogen-bond acceptors (Lipinski definition) is 9. The molecule has 1 aliphatic rings. The third-order valence-corrected chi connectivity index (χ3v) is 2.69. The molecule has 3 unspecified atom stereocenters. The molecule has 1 aliphatic heterocycles. The van der Waals surface area contributed by atoms with Crippen molar-refractivity contribution in [3.05, 3.63) is 0 Å². The summed E-state index contributed by atoms with van der Waals surface area (Å²) in [5.41, 5.74) is 0. The van der Waals surface area contributed by atoms with Crippen molar-refractivity contribution in [2.75, 3.05) is 6.61 Å². The van der Waals surface area contributed by atoms with Crippen LogP contribution in [0.25, 0.3) is 0 Å². The minimum absolute atomic E-state index is 0.338. The summed E-state index contributed by atoms with van der Waals surface area (Å²) in [5, 5.41) is 19.4. The normalized spacial score (nSPS) is 32.1. The molecule has 0 aromatic heterocycles. The zero-order valence-electron chi connectivity index (χ0n) is 11.8. The quantitative estimate of drug-likeness (QED) is 0.470. The summed E-state index contributed by atoms with van der Waals surface area (Å²) in [5.74, 6) is -2.06. The van der Waals surface area contributed by atoms with Gasteiger partial charge in [-0.15, -0.1) is 0 Å². The van der Waals surface area contributed by atoms with Gasteiger partial charge in [-0.3, -0.25) is 14.4 Å². The zero-order valence-corrected chi connectivity index (χ0v) is 11.8. The molecule has 5 atom stereocenters. The van der Waals surface area contributed by atoms with Gasteiger partial charge in [0.2, 0.25) is 0 Å². The van der Waals surface area contributed by atoms with E-state index in [1.807, 2.05) is 0 Å². The molecule has 0 bridgehead atoms. The third kappa shape index (κ3) is 4.96. The second-order valence-corrected chi connectivity index (χ2v) is 4.51. The van der Waals surface area contributed by atoms with Crippen LogP contribution in [-0.2, 0) is 33.3 Å². The summed E-state index contributed by atoms with van der Waals surface area (Å²) in [4.78, 5) is 33.1. The lowest BCUT2D eigenvalue weighted by atomic mass is 9.98. The number of esters is 3. The van der Waals surface area contributed by atoms with E-state index in [2.05, 4.69) is 0 Å². The Bertz CT molecular complexity index is 408. The smallest absolute Gasteiger partial charge is 0.303 e. The number of aliphatic hydroxyl groups excluding tert-OH is 2. The van der Waals surface area contributed by atoms with Crippen LogP contribution in [-0.4, -0.2) is 65.4 Å². The Hall–Kier alpha value is -1.71. The van der Waals surface area contributed by atoms with Gasteiger partial charge in [0.1, 0.15) is 18.8 Å². The van der Waals surface area contributed by atoms with Gasteiger partial charge in [-0.1, -0.05) is 0 Å². The third-order valence-electron chi connectivity index (χ3n) is 2.69. The number of carbonyl (C=O) groups is 3. The second-order valence-electron chi connectivity index (χ2n) is 4.51. The van der Waals surface area contributed by atoms with Crippen molar-refractivity contribution in [3.63, 3.8) is 0 Å². The zero-order chi connectivity index (χ0) is 16.2. The van der Waals surface area contributed by atoms with E-state index < -0.39 is 48.6 Å². The molecular formula is C12H18O9. The first-order valence-corrected chi connectivity index (χ1v) is 6.21. The van der Waals surface area contributed by atoms with Crippen LogP contribution in [0.4, 0.5) is 0 Å². The molecule has 120 valence electrons. The van der Waals surface area contributed by atoms with Gasteiger partial charge in [-0.25, -0.2) is 0 Å². The Morgan fingerprint density at radius 2 is 1.48 bits per heavy atom. The van der Waals surface area contributed by atoms with Crippen LogP contribution in [0.2, 0.25) is 0 Å². The van der Waals surface area contributed by atoms with Crippen LogP contribution in [0.3, 0.4) is 0 Å². The average molecular weight is 306 g/mol. The molecule has 21 heavy (non-hydrogen) atoms. The highest BCUT2D eigenvalue weighted by molar-refractivity contribution is 5.67. The molecule has 1 saturated heterocycles. The molecule has 1 fully saturated rings. The van der Waals surface area contributed by atoms with Crippen molar-refractivity contribution in [1.82, 2.24) is 0 Å². The monoisotopic (exact) mass is 306 g/mol. The first-order valence-electron chi connectivity index (χ1n) is 6.21. The molecule has 0 radical (unpaired) electrons. The summed E-state index contributed by atoms with van der Waals surface area (Å²) in [6.07, 6.45) is -6.92. The van der Waals surface area contributed by atoms with E-state index in [4.69, 9.17) is 18.9 Å². The molecule has 0 aromatic carbocycles. The molecule has 2 N–H and O–H groups in total. The van der Waals surface area contributed by atoms with Crippen LogP contribution in [0.15, 0.2) is 0 Å². The lowest BCUT2D eigenvalue weighted by Crippen LogP contribution is -2.61. The number of hydrogen-bond donors (Lipinski definition) is 2. The van der Waals surface area contributed by atoms with E-state index in [9.17, 15) is 24.6 Å². The van der Waals surface area contributed by atoms with Crippen molar-refractivity contribution in [2.24, 2.45) is 0 Å². The van der Waals surface area contributed by atoms with E-state index in [0.717, 1.165) is 13.8 Å². The first-order chi connectivity index (χ1) is 9.72. The second kappa shape index (κ2) is 7.34. The number of ether oxygens (including phenoxy) is 4. The summed E-state index contributed by atoms with van der Waals surface area (Å²) in [6.45, 7) is 3.04. The van der Waals surface area contributed by atoms with Crippen molar-refractivity contribution in [2.45, 2.75) is 51.5 Å². The van der Waals surface area contributed by atoms with E-state index in [-0.39, 0.29) is 6.61 Å². The summed E-state index contributed by atoms with van der Waals surface area (Å²) >= 11 is 0. The number of aliphatic hydroxyl groups is 2. The molecule has 9 heteroatoms. The molecule has 1 heterocycles. The molecule has 0 spiro atoms. The minimum Gasteiger partial charge on any atom is -0.463 e. The highest BCUT2D eigenvalue weighted by atomic mass is 16.7. The van der Waals surface area contributed by atoms with E-state index in [1.165, 1.54) is 6.92 Å². The minimum atomic E-state index is -1.68. The highest BCUT2D eigenvalue weighted by Crippen LogP contribution is 2.25. The van der Waals surface area contributed by atoms with Crippen molar-refractivity contribution < 1.29 is 43.5 Å².